The molecule has 8 nitrogen and oxygen atoms in total. The Morgan fingerprint density at radius 1 is 1.21 bits per heavy atom. The van der Waals surface area contributed by atoms with Crippen LogP contribution in [0.4, 0.5) is 0 Å². The topological polar surface area (TPSA) is 107 Å². The zero-order chi connectivity index (χ0) is 20.2. The van der Waals surface area contributed by atoms with Crippen molar-refractivity contribution in [2.45, 2.75) is 19.0 Å². The van der Waals surface area contributed by atoms with Crippen LogP contribution in [0.25, 0.3) is 11.1 Å². The predicted octanol–water partition coefficient (Wildman–Crippen LogP) is 2.77. The number of amides is 1. The molecule has 1 aliphatic rings. The van der Waals surface area contributed by atoms with Gasteiger partial charge in [0.15, 0.2) is 5.82 Å². The molecule has 2 aromatic carbocycles. The molecule has 0 fully saturated rings. The van der Waals surface area contributed by atoms with E-state index in [1.807, 2.05) is 54.6 Å². The minimum atomic E-state index is -0.429. The molecule has 1 unspecified atom stereocenters. The highest BCUT2D eigenvalue weighted by atomic mass is 16.6. The standard InChI is InChI=1S/C21H21N5O3/c1-28-24-17-11-18(20-23-19(12-22)25-29-20)26(13-17)21(27)16-9-7-15(8-10-16)14-5-3-2-4-6-14/h2-10,13,18,24H,11-12,22H2,1H3. The van der Waals surface area contributed by atoms with Crippen molar-refractivity contribution in [3.05, 3.63) is 83.8 Å². The lowest BCUT2D eigenvalue weighted by Gasteiger charge is -2.20. The highest BCUT2D eigenvalue weighted by Gasteiger charge is 2.35. The third-order valence-corrected chi connectivity index (χ3v) is 4.70. The van der Waals surface area contributed by atoms with Gasteiger partial charge in [0.2, 0.25) is 5.89 Å². The van der Waals surface area contributed by atoms with Crippen molar-refractivity contribution in [3.8, 4) is 11.1 Å². The smallest absolute Gasteiger partial charge is 0.258 e. The quantitative estimate of drug-likeness (QED) is 0.622. The van der Waals surface area contributed by atoms with Crippen LogP contribution in [0.1, 0.15) is 34.5 Å². The molecule has 8 heteroatoms. The molecule has 3 N–H and O–H groups in total. The Balaban J connectivity index is 1.60. The monoisotopic (exact) mass is 391 g/mol. The van der Waals surface area contributed by atoms with Crippen LogP contribution in [0.3, 0.4) is 0 Å². The molecule has 3 aromatic rings. The number of nitrogens with two attached hydrogens (primary N) is 1. The summed E-state index contributed by atoms with van der Waals surface area (Å²) < 4.78 is 5.32. The van der Waals surface area contributed by atoms with Gasteiger partial charge >= 0.3 is 0 Å². The number of rotatable bonds is 6. The zero-order valence-corrected chi connectivity index (χ0v) is 15.9. The first-order valence-corrected chi connectivity index (χ1v) is 9.20. The Morgan fingerprint density at radius 3 is 2.59 bits per heavy atom. The summed E-state index contributed by atoms with van der Waals surface area (Å²) >= 11 is 0. The largest absolute Gasteiger partial charge is 0.337 e. The highest BCUT2D eigenvalue weighted by Crippen LogP contribution is 2.34. The molecule has 0 saturated carbocycles. The first-order chi connectivity index (χ1) is 14.2. The summed E-state index contributed by atoms with van der Waals surface area (Å²) in [7, 11) is 1.52. The highest BCUT2D eigenvalue weighted by molar-refractivity contribution is 5.96. The Bertz CT molecular complexity index is 1010. The SMILES string of the molecule is CONC1=CN(C(=O)c2ccc(-c3ccccc3)cc2)C(c2nc(CN)no2)C1. The number of aromatic nitrogens is 2. The third-order valence-electron chi connectivity index (χ3n) is 4.70. The Hall–Kier alpha value is -3.49. The van der Waals surface area contributed by atoms with E-state index >= 15 is 0 Å². The molecule has 0 aliphatic carbocycles. The second-order valence-corrected chi connectivity index (χ2v) is 6.59. The summed E-state index contributed by atoms with van der Waals surface area (Å²) in [6.07, 6.45) is 2.17. The van der Waals surface area contributed by atoms with Gasteiger partial charge in [-0.3, -0.25) is 15.1 Å². The average Bonchev–Trinajstić information content (AvgIpc) is 3.41. The van der Waals surface area contributed by atoms with Gasteiger partial charge in [0, 0.05) is 18.2 Å². The van der Waals surface area contributed by atoms with Gasteiger partial charge in [-0.15, -0.1) is 0 Å². The lowest BCUT2D eigenvalue weighted by atomic mass is 10.0. The molecule has 2 heterocycles. The Kier molecular flexibility index (Phi) is 5.37. The van der Waals surface area contributed by atoms with Crippen molar-refractivity contribution in [1.82, 2.24) is 20.5 Å². The maximum atomic E-state index is 13.2. The van der Waals surface area contributed by atoms with E-state index in [1.54, 1.807) is 11.1 Å². The Labute approximate surface area is 167 Å². The number of benzene rings is 2. The van der Waals surface area contributed by atoms with Crippen LogP contribution in [0.15, 0.2) is 71.0 Å². The van der Waals surface area contributed by atoms with E-state index in [4.69, 9.17) is 15.1 Å². The molecular formula is C21H21N5O3. The molecule has 0 radical (unpaired) electrons. The van der Waals surface area contributed by atoms with Crippen molar-refractivity contribution in [1.29, 1.82) is 0 Å². The number of nitrogens with zero attached hydrogens (tertiary/aromatic N) is 3. The number of carbonyl (C=O) groups excluding carboxylic acids is 1. The normalized spacial score (nSPS) is 16.0. The molecule has 1 amide bonds. The number of hydrogen-bond acceptors (Lipinski definition) is 7. The van der Waals surface area contributed by atoms with Gasteiger partial charge < -0.3 is 15.2 Å². The molecule has 0 saturated heterocycles. The fourth-order valence-electron chi connectivity index (χ4n) is 3.29. The van der Waals surface area contributed by atoms with E-state index in [1.165, 1.54) is 7.11 Å². The van der Waals surface area contributed by atoms with Crippen molar-refractivity contribution >= 4 is 5.91 Å². The molecule has 1 atom stereocenters. The van der Waals surface area contributed by atoms with Gasteiger partial charge in [0.05, 0.1) is 19.4 Å². The van der Waals surface area contributed by atoms with Crippen molar-refractivity contribution in [3.63, 3.8) is 0 Å². The minimum absolute atomic E-state index is 0.168. The summed E-state index contributed by atoms with van der Waals surface area (Å²) in [5.74, 6) is 0.562. The molecule has 0 spiro atoms. The number of nitrogens with one attached hydrogen (secondary N) is 1. The third kappa shape index (κ3) is 3.89. The van der Waals surface area contributed by atoms with E-state index < -0.39 is 6.04 Å². The maximum Gasteiger partial charge on any atom is 0.258 e. The average molecular weight is 391 g/mol. The zero-order valence-electron chi connectivity index (χ0n) is 15.9. The van der Waals surface area contributed by atoms with Crippen LogP contribution in [-0.2, 0) is 11.4 Å². The lowest BCUT2D eigenvalue weighted by Crippen LogP contribution is -2.27. The van der Waals surface area contributed by atoms with Crippen LogP contribution in [0.5, 0.6) is 0 Å². The predicted molar refractivity (Wildman–Crippen MR) is 106 cm³/mol. The van der Waals surface area contributed by atoms with Crippen molar-refractivity contribution in [2.24, 2.45) is 5.73 Å². The maximum absolute atomic E-state index is 13.2. The molecule has 1 aromatic heterocycles. The van der Waals surface area contributed by atoms with Gasteiger partial charge in [0.1, 0.15) is 6.04 Å². The first-order valence-electron chi connectivity index (χ1n) is 9.20. The van der Waals surface area contributed by atoms with Crippen LogP contribution in [0.2, 0.25) is 0 Å². The number of hydroxylamine groups is 1. The van der Waals surface area contributed by atoms with Crippen molar-refractivity contribution < 1.29 is 14.2 Å². The molecule has 0 bridgehead atoms. The van der Waals surface area contributed by atoms with Crippen LogP contribution in [0, 0.1) is 0 Å². The van der Waals surface area contributed by atoms with Crippen LogP contribution < -0.4 is 11.2 Å². The summed E-state index contributed by atoms with van der Waals surface area (Å²) in [5.41, 5.74) is 11.8. The van der Waals surface area contributed by atoms with Gasteiger partial charge in [-0.25, -0.2) is 0 Å². The fourth-order valence-corrected chi connectivity index (χ4v) is 3.29. The van der Waals surface area contributed by atoms with E-state index in [9.17, 15) is 4.79 Å². The van der Waals surface area contributed by atoms with E-state index in [2.05, 4.69) is 15.6 Å². The van der Waals surface area contributed by atoms with Gasteiger partial charge in [-0.2, -0.15) is 4.98 Å². The Morgan fingerprint density at radius 2 is 1.93 bits per heavy atom. The van der Waals surface area contributed by atoms with Gasteiger partial charge in [-0.1, -0.05) is 47.6 Å². The molecule has 148 valence electrons. The van der Waals surface area contributed by atoms with Crippen LogP contribution >= 0.6 is 0 Å². The number of hydrogen-bond donors (Lipinski definition) is 2. The summed E-state index contributed by atoms with van der Waals surface area (Å²) in [4.78, 5) is 24.1. The lowest BCUT2D eigenvalue weighted by molar-refractivity contribution is 0.0760. The summed E-state index contributed by atoms with van der Waals surface area (Å²) in [5, 5.41) is 3.84. The van der Waals surface area contributed by atoms with E-state index in [0.717, 1.165) is 16.8 Å². The van der Waals surface area contributed by atoms with Gasteiger partial charge in [0.25, 0.3) is 5.91 Å². The molecule has 4 rings (SSSR count). The van der Waals surface area contributed by atoms with Crippen LogP contribution in [-0.4, -0.2) is 28.1 Å². The molecular weight excluding hydrogens is 370 g/mol. The van der Waals surface area contributed by atoms with E-state index in [0.29, 0.717) is 23.7 Å². The minimum Gasteiger partial charge on any atom is -0.337 e. The molecule has 29 heavy (non-hydrogen) atoms. The number of carbonyl (C=O) groups is 1. The first kappa shape index (κ1) is 18.9. The second-order valence-electron chi connectivity index (χ2n) is 6.59. The summed E-state index contributed by atoms with van der Waals surface area (Å²) in [6, 6.07) is 17.1. The molecule has 1 aliphatic heterocycles. The fraction of sp³-hybridized carbons (Fsp3) is 0.190. The summed E-state index contributed by atoms with van der Waals surface area (Å²) in [6.45, 7) is 0.168. The van der Waals surface area contributed by atoms with Gasteiger partial charge in [-0.05, 0) is 23.3 Å². The van der Waals surface area contributed by atoms with E-state index in [-0.39, 0.29) is 12.5 Å². The van der Waals surface area contributed by atoms with Crippen molar-refractivity contribution in [2.75, 3.05) is 7.11 Å². The second kappa shape index (κ2) is 8.26.